The van der Waals surface area contributed by atoms with Gasteiger partial charge in [-0.3, -0.25) is 10.1 Å². The average Bonchev–Trinajstić information content (AvgIpc) is 2.13. The highest BCUT2D eigenvalue weighted by molar-refractivity contribution is 5.86. The second kappa shape index (κ2) is 6.03. The molecule has 0 aromatic heterocycles. The van der Waals surface area contributed by atoms with Crippen LogP contribution < -0.4 is 10.6 Å². The molecule has 0 saturated carbocycles. The van der Waals surface area contributed by atoms with Crippen molar-refractivity contribution in [3.8, 4) is 0 Å². The van der Waals surface area contributed by atoms with Crippen molar-refractivity contribution >= 4 is 11.9 Å². The molecular weight excluding hydrogens is 253 g/mol. The van der Waals surface area contributed by atoms with E-state index in [1.165, 1.54) is 20.8 Å². The zero-order chi connectivity index (χ0) is 14.6. The van der Waals surface area contributed by atoms with Crippen molar-refractivity contribution in [1.82, 2.24) is 5.32 Å². The van der Waals surface area contributed by atoms with Crippen molar-refractivity contribution < 1.29 is 32.8 Å². The summed E-state index contributed by atoms with van der Waals surface area (Å²) in [6.07, 6.45) is -4.96. The Bertz CT molecular complexity index is 318. The molecule has 8 heteroatoms. The molecule has 0 aromatic carbocycles. The van der Waals surface area contributed by atoms with Gasteiger partial charge in [-0.15, -0.1) is 0 Å². The number of halogens is 3. The molecule has 0 aromatic rings. The van der Waals surface area contributed by atoms with Crippen LogP contribution in [0.15, 0.2) is 0 Å². The summed E-state index contributed by atoms with van der Waals surface area (Å²) in [5, 5.41) is 2.38. The van der Waals surface area contributed by atoms with E-state index in [4.69, 9.17) is 0 Å². The van der Waals surface area contributed by atoms with Crippen LogP contribution in [0.1, 0.15) is 27.7 Å². The Morgan fingerprint density at radius 2 is 1.83 bits per heavy atom. The maximum atomic E-state index is 13.1. The summed E-state index contributed by atoms with van der Waals surface area (Å²) in [5.41, 5.74) is -3.09. The van der Waals surface area contributed by atoms with Gasteiger partial charge in [-0.1, -0.05) is 0 Å². The molecule has 1 amide bonds. The maximum absolute atomic E-state index is 13.1. The zero-order valence-electron chi connectivity index (χ0n) is 10.7. The molecule has 0 aliphatic carbocycles. The quantitative estimate of drug-likeness (QED) is 0.542. The fraction of sp³-hybridized carbons (Fsp3) is 0.800. The van der Waals surface area contributed by atoms with Gasteiger partial charge in [0.1, 0.15) is 0 Å². The second-order valence-corrected chi connectivity index (χ2v) is 4.12. The van der Waals surface area contributed by atoms with Crippen LogP contribution in [0, 0.1) is 0 Å². The Hall–Kier alpha value is -1.31. The van der Waals surface area contributed by atoms with Crippen LogP contribution in [0.3, 0.4) is 0 Å². The first kappa shape index (κ1) is 16.7. The Labute approximate surface area is 103 Å². The van der Waals surface area contributed by atoms with Gasteiger partial charge in [0.05, 0.1) is 12.6 Å². The van der Waals surface area contributed by atoms with Gasteiger partial charge in [0, 0.05) is 6.92 Å². The number of nitrogens with two attached hydrogens (primary N) is 1. The van der Waals surface area contributed by atoms with Crippen LogP contribution in [0.2, 0.25) is 0 Å². The summed E-state index contributed by atoms with van der Waals surface area (Å²) in [7, 11) is 0. The molecule has 0 aliphatic heterocycles. The van der Waals surface area contributed by atoms with Gasteiger partial charge in [0.15, 0.2) is 0 Å². The molecule has 0 rings (SSSR count). The third-order valence-electron chi connectivity index (χ3n) is 2.00. The minimum atomic E-state index is -4.96. The van der Waals surface area contributed by atoms with E-state index in [1.54, 1.807) is 5.32 Å². The summed E-state index contributed by atoms with van der Waals surface area (Å²) >= 11 is 0. The van der Waals surface area contributed by atoms with Gasteiger partial charge >= 0.3 is 17.8 Å². The molecule has 0 heterocycles. The van der Waals surface area contributed by atoms with Crippen LogP contribution in [-0.4, -0.2) is 36.4 Å². The Morgan fingerprint density at radius 1 is 1.33 bits per heavy atom. The predicted octanol–water partition coefficient (Wildman–Crippen LogP) is -0.0840. The van der Waals surface area contributed by atoms with Gasteiger partial charge in [0.2, 0.25) is 5.91 Å². The van der Waals surface area contributed by atoms with E-state index in [2.05, 4.69) is 4.74 Å². The number of carbonyl (C=O) groups is 2. The summed E-state index contributed by atoms with van der Waals surface area (Å²) in [5.74, 6) is -2.49. The smallest absolute Gasteiger partial charge is 0.460 e. The molecular formula is C10H18F3N2O3+. The molecule has 0 spiro atoms. The highest BCUT2D eigenvalue weighted by Crippen LogP contribution is 2.26. The SMILES string of the molecule is CCOC(=O)[C@](NC(C)=O)([NH2+]C(C)C)C(F)(F)F. The number of nitrogens with one attached hydrogen (secondary N) is 1. The minimum absolute atomic E-state index is 0.206. The molecule has 0 bridgehead atoms. The molecule has 18 heavy (non-hydrogen) atoms. The van der Waals surface area contributed by atoms with E-state index >= 15 is 0 Å². The number of hydrogen-bond acceptors (Lipinski definition) is 3. The summed E-state index contributed by atoms with van der Waals surface area (Å²) in [6, 6.07) is -0.567. The first-order chi connectivity index (χ1) is 8.06. The second-order valence-electron chi connectivity index (χ2n) is 4.12. The fourth-order valence-electron chi connectivity index (χ4n) is 1.46. The average molecular weight is 271 g/mol. The zero-order valence-corrected chi connectivity index (χ0v) is 10.7. The Morgan fingerprint density at radius 3 is 2.11 bits per heavy atom. The largest absolute Gasteiger partial charge is 0.478 e. The lowest BCUT2D eigenvalue weighted by Gasteiger charge is -2.32. The van der Waals surface area contributed by atoms with Gasteiger partial charge < -0.3 is 10.1 Å². The number of esters is 1. The van der Waals surface area contributed by atoms with E-state index in [9.17, 15) is 22.8 Å². The number of ether oxygens (including phenoxy) is 1. The third-order valence-corrected chi connectivity index (χ3v) is 2.00. The molecule has 0 aliphatic rings. The van der Waals surface area contributed by atoms with E-state index in [1.807, 2.05) is 0 Å². The molecule has 0 fully saturated rings. The number of alkyl halides is 3. The summed E-state index contributed by atoms with van der Waals surface area (Å²) in [4.78, 5) is 22.6. The van der Waals surface area contributed by atoms with Crippen LogP contribution in [0.4, 0.5) is 13.2 Å². The van der Waals surface area contributed by atoms with Gasteiger partial charge in [-0.25, -0.2) is 4.79 Å². The van der Waals surface area contributed by atoms with Crippen molar-refractivity contribution in [2.24, 2.45) is 0 Å². The lowest BCUT2D eigenvalue weighted by atomic mass is 10.1. The number of quaternary nitrogens is 1. The Balaban J connectivity index is 5.54. The number of carbonyl (C=O) groups excluding carboxylic acids is 2. The van der Waals surface area contributed by atoms with Gasteiger partial charge in [0.25, 0.3) is 0 Å². The van der Waals surface area contributed by atoms with Crippen LogP contribution in [0.25, 0.3) is 0 Å². The normalized spacial score (nSPS) is 15.1. The summed E-state index contributed by atoms with van der Waals surface area (Å²) < 4.78 is 43.8. The molecule has 5 nitrogen and oxygen atoms in total. The molecule has 3 N–H and O–H groups in total. The molecule has 106 valence electrons. The fourth-order valence-corrected chi connectivity index (χ4v) is 1.46. The first-order valence-electron chi connectivity index (χ1n) is 5.45. The first-order valence-corrected chi connectivity index (χ1v) is 5.45. The van der Waals surface area contributed by atoms with E-state index in [-0.39, 0.29) is 6.61 Å². The number of amides is 1. The lowest BCUT2D eigenvalue weighted by Crippen LogP contribution is -3.09. The number of rotatable bonds is 5. The highest BCUT2D eigenvalue weighted by Gasteiger charge is 2.67. The van der Waals surface area contributed by atoms with Crippen molar-refractivity contribution in [1.29, 1.82) is 0 Å². The van der Waals surface area contributed by atoms with E-state index in [0.29, 0.717) is 0 Å². The van der Waals surface area contributed by atoms with Crippen LogP contribution in [-0.2, 0) is 14.3 Å². The minimum Gasteiger partial charge on any atom is -0.460 e. The lowest BCUT2D eigenvalue weighted by molar-refractivity contribution is -0.766. The van der Waals surface area contributed by atoms with Gasteiger partial charge in [-0.2, -0.15) is 13.2 Å². The predicted molar refractivity (Wildman–Crippen MR) is 56.3 cm³/mol. The monoisotopic (exact) mass is 271 g/mol. The topological polar surface area (TPSA) is 72.0 Å². The van der Waals surface area contributed by atoms with Crippen molar-refractivity contribution in [3.05, 3.63) is 0 Å². The molecule has 0 saturated heterocycles. The third kappa shape index (κ3) is 3.86. The number of hydrogen-bond donors (Lipinski definition) is 2. The molecule has 0 unspecified atom stereocenters. The van der Waals surface area contributed by atoms with Gasteiger partial charge in [-0.05, 0) is 20.8 Å². The standard InChI is InChI=1S/C10H17F3N2O3/c1-5-18-8(17)9(10(11,12)13,14-6(2)3)15-7(4)16/h6,14H,5H2,1-4H3,(H,15,16)/p+1/t9-/m1/s1. The molecule has 0 radical (unpaired) electrons. The van der Waals surface area contributed by atoms with E-state index in [0.717, 1.165) is 12.2 Å². The van der Waals surface area contributed by atoms with Crippen LogP contribution >= 0.6 is 0 Å². The highest BCUT2D eigenvalue weighted by atomic mass is 19.4. The van der Waals surface area contributed by atoms with Crippen molar-refractivity contribution in [2.75, 3.05) is 6.61 Å². The maximum Gasteiger partial charge on any atom is 0.478 e. The van der Waals surface area contributed by atoms with E-state index < -0.39 is 29.8 Å². The Kier molecular flexibility index (Phi) is 5.59. The summed E-state index contributed by atoms with van der Waals surface area (Å²) in [6.45, 7) is 5.04. The van der Waals surface area contributed by atoms with Crippen LogP contribution in [0.5, 0.6) is 0 Å². The van der Waals surface area contributed by atoms with Crippen molar-refractivity contribution in [3.63, 3.8) is 0 Å². The van der Waals surface area contributed by atoms with Crippen molar-refractivity contribution in [2.45, 2.75) is 45.6 Å². The molecule has 1 atom stereocenters.